The Morgan fingerprint density at radius 3 is 2.91 bits per heavy atom. The number of amidine groups is 1. The Labute approximate surface area is 142 Å². The summed E-state index contributed by atoms with van der Waals surface area (Å²) in [6.45, 7) is 3.94. The van der Waals surface area contributed by atoms with Gasteiger partial charge in [0.1, 0.15) is 5.75 Å². The van der Waals surface area contributed by atoms with Crippen molar-refractivity contribution in [3.63, 3.8) is 0 Å². The molecule has 1 aliphatic rings. The molecule has 118 valence electrons. The summed E-state index contributed by atoms with van der Waals surface area (Å²) in [6, 6.07) is 7.65. The number of nitrogens with zero attached hydrogens (tertiary/aromatic N) is 2. The van der Waals surface area contributed by atoms with Gasteiger partial charge in [-0.15, -0.1) is 11.3 Å². The van der Waals surface area contributed by atoms with Crippen LogP contribution in [0.1, 0.15) is 19.4 Å². The maximum Gasteiger partial charge on any atom is 0.264 e. The predicted molar refractivity (Wildman–Crippen MR) is 95.1 cm³/mol. The van der Waals surface area contributed by atoms with Crippen molar-refractivity contribution in [3.8, 4) is 5.75 Å². The zero-order valence-electron chi connectivity index (χ0n) is 12.6. The highest BCUT2D eigenvalue weighted by atomic mass is 32.2. The van der Waals surface area contributed by atoms with Gasteiger partial charge in [-0.1, -0.05) is 18.2 Å². The molecule has 0 spiro atoms. The predicted octanol–water partition coefficient (Wildman–Crippen LogP) is 3.82. The first kappa shape index (κ1) is 15.8. The van der Waals surface area contributed by atoms with Crippen LogP contribution in [0.15, 0.2) is 45.7 Å². The Bertz CT molecular complexity index is 767. The molecule has 7 heteroatoms. The van der Waals surface area contributed by atoms with Crippen molar-refractivity contribution in [2.24, 2.45) is 4.99 Å². The maximum atomic E-state index is 12.1. The molecule has 5 nitrogen and oxygen atoms in total. The van der Waals surface area contributed by atoms with E-state index in [0.717, 1.165) is 11.3 Å². The number of nitrogens with one attached hydrogen (secondary N) is 1. The molecule has 0 atom stereocenters. The Morgan fingerprint density at radius 2 is 2.17 bits per heavy atom. The van der Waals surface area contributed by atoms with Gasteiger partial charge < -0.3 is 10.1 Å². The molecule has 0 saturated carbocycles. The molecule has 0 bridgehead atoms. The second kappa shape index (κ2) is 6.97. The molecule has 2 heterocycles. The molecule has 1 saturated heterocycles. The van der Waals surface area contributed by atoms with Crippen LogP contribution < -0.4 is 10.1 Å². The average molecular weight is 345 g/mol. The first-order valence-corrected chi connectivity index (χ1v) is 8.76. The lowest BCUT2D eigenvalue weighted by molar-refractivity contribution is -0.115. The van der Waals surface area contributed by atoms with Crippen molar-refractivity contribution < 1.29 is 9.53 Å². The molecule has 1 fully saturated rings. The molecular weight excluding hydrogens is 330 g/mol. The lowest BCUT2D eigenvalue weighted by atomic mass is 10.2. The molecule has 0 aliphatic carbocycles. The lowest BCUT2D eigenvalue weighted by Crippen LogP contribution is -2.19. The topological polar surface area (TPSA) is 63.6 Å². The van der Waals surface area contributed by atoms with Crippen molar-refractivity contribution >= 4 is 45.4 Å². The van der Waals surface area contributed by atoms with E-state index in [1.807, 2.05) is 49.6 Å². The van der Waals surface area contributed by atoms with E-state index in [0.29, 0.717) is 15.2 Å². The van der Waals surface area contributed by atoms with Gasteiger partial charge in [-0.3, -0.25) is 4.79 Å². The highest BCUT2D eigenvalue weighted by molar-refractivity contribution is 8.18. The van der Waals surface area contributed by atoms with E-state index in [1.165, 1.54) is 23.1 Å². The Hall–Kier alpha value is -2.12. The third kappa shape index (κ3) is 4.00. The number of benzene rings is 1. The zero-order chi connectivity index (χ0) is 16.2. The van der Waals surface area contributed by atoms with Crippen molar-refractivity contribution in [1.82, 2.24) is 10.3 Å². The van der Waals surface area contributed by atoms with E-state index in [2.05, 4.69) is 15.3 Å². The first-order chi connectivity index (χ1) is 11.1. The SMILES string of the molecule is CC(C)Oc1ccccc1/C=C1\S/C(=N\c2nccs2)NC1=O. The number of ether oxygens (including phenoxy) is 1. The summed E-state index contributed by atoms with van der Waals surface area (Å²) in [5.74, 6) is 0.596. The van der Waals surface area contributed by atoms with Crippen LogP contribution in [0.4, 0.5) is 5.13 Å². The van der Waals surface area contributed by atoms with Gasteiger partial charge in [0.15, 0.2) is 5.17 Å². The number of aromatic nitrogens is 1. The van der Waals surface area contributed by atoms with Crippen molar-refractivity contribution in [1.29, 1.82) is 0 Å². The van der Waals surface area contributed by atoms with Crippen LogP contribution >= 0.6 is 23.1 Å². The molecule has 1 aromatic heterocycles. The van der Waals surface area contributed by atoms with Crippen LogP contribution in [0.2, 0.25) is 0 Å². The average Bonchev–Trinajstić information content (AvgIpc) is 3.11. The van der Waals surface area contributed by atoms with Gasteiger partial charge in [-0.25, -0.2) is 4.98 Å². The molecule has 3 rings (SSSR count). The Kier molecular flexibility index (Phi) is 4.78. The monoisotopic (exact) mass is 345 g/mol. The van der Waals surface area contributed by atoms with Gasteiger partial charge >= 0.3 is 0 Å². The number of hydrogen-bond acceptors (Lipinski definition) is 6. The van der Waals surface area contributed by atoms with Gasteiger partial charge in [0.2, 0.25) is 5.13 Å². The molecule has 1 aliphatic heterocycles. The number of thioether (sulfide) groups is 1. The molecule has 2 aromatic rings. The maximum absolute atomic E-state index is 12.1. The highest BCUT2D eigenvalue weighted by Gasteiger charge is 2.24. The Balaban J connectivity index is 1.85. The van der Waals surface area contributed by atoms with Crippen LogP contribution in [-0.4, -0.2) is 22.2 Å². The van der Waals surface area contributed by atoms with Gasteiger partial charge in [0, 0.05) is 17.1 Å². The minimum absolute atomic E-state index is 0.0710. The summed E-state index contributed by atoms with van der Waals surface area (Å²) in [6.07, 6.45) is 3.57. The number of hydrogen-bond donors (Lipinski definition) is 1. The van der Waals surface area contributed by atoms with E-state index in [-0.39, 0.29) is 12.0 Å². The van der Waals surface area contributed by atoms with Crippen molar-refractivity contribution in [2.75, 3.05) is 0 Å². The minimum Gasteiger partial charge on any atom is -0.490 e. The number of rotatable bonds is 4. The second-order valence-corrected chi connectivity index (χ2v) is 6.90. The quantitative estimate of drug-likeness (QED) is 0.856. The van der Waals surface area contributed by atoms with Gasteiger partial charge in [-0.05, 0) is 37.8 Å². The van der Waals surface area contributed by atoms with Crippen LogP contribution in [0, 0.1) is 0 Å². The number of amides is 1. The lowest BCUT2D eigenvalue weighted by Gasteiger charge is -2.12. The summed E-state index contributed by atoms with van der Waals surface area (Å²) in [5, 5.41) is 5.76. The number of carbonyl (C=O) groups excluding carboxylic acids is 1. The van der Waals surface area contributed by atoms with Gasteiger partial charge in [0.05, 0.1) is 11.0 Å². The van der Waals surface area contributed by atoms with Crippen LogP contribution in [0.3, 0.4) is 0 Å². The summed E-state index contributed by atoms with van der Waals surface area (Å²) >= 11 is 2.72. The zero-order valence-corrected chi connectivity index (χ0v) is 14.3. The Morgan fingerprint density at radius 1 is 1.35 bits per heavy atom. The smallest absolute Gasteiger partial charge is 0.264 e. The largest absolute Gasteiger partial charge is 0.490 e. The summed E-state index contributed by atoms with van der Waals surface area (Å²) in [5.41, 5.74) is 0.870. The first-order valence-electron chi connectivity index (χ1n) is 7.06. The van der Waals surface area contributed by atoms with Crippen LogP contribution in [0.5, 0.6) is 5.75 Å². The van der Waals surface area contributed by atoms with E-state index in [9.17, 15) is 4.79 Å². The number of aliphatic imine (C=N–C) groups is 1. The molecule has 23 heavy (non-hydrogen) atoms. The summed E-state index contributed by atoms with van der Waals surface area (Å²) < 4.78 is 5.78. The van der Waals surface area contributed by atoms with Crippen molar-refractivity contribution in [2.45, 2.75) is 20.0 Å². The third-order valence-electron chi connectivity index (χ3n) is 2.84. The van der Waals surface area contributed by atoms with E-state index >= 15 is 0 Å². The normalized spacial score (nSPS) is 18.0. The fraction of sp³-hybridized carbons (Fsp3) is 0.188. The van der Waals surface area contributed by atoms with Crippen LogP contribution in [-0.2, 0) is 4.79 Å². The highest BCUT2D eigenvalue weighted by Crippen LogP contribution is 2.31. The summed E-state index contributed by atoms with van der Waals surface area (Å²) in [7, 11) is 0. The second-order valence-electron chi connectivity index (χ2n) is 5.00. The van der Waals surface area contributed by atoms with Crippen LogP contribution in [0.25, 0.3) is 6.08 Å². The van der Waals surface area contributed by atoms with E-state index in [1.54, 1.807) is 6.20 Å². The molecule has 1 N–H and O–H groups in total. The molecular formula is C16H15N3O2S2. The number of carbonyl (C=O) groups is 1. The molecule has 0 radical (unpaired) electrons. The van der Waals surface area contributed by atoms with Gasteiger partial charge in [0.25, 0.3) is 5.91 Å². The van der Waals surface area contributed by atoms with Crippen molar-refractivity contribution in [3.05, 3.63) is 46.3 Å². The van der Waals surface area contributed by atoms with E-state index in [4.69, 9.17) is 4.74 Å². The molecule has 0 unspecified atom stereocenters. The standard InChI is InChI=1S/C16H15N3O2S2/c1-10(2)21-12-6-4-3-5-11(12)9-13-14(20)18-16(23-13)19-15-17-7-8-22-15/h3-10H,1-2H3,(H,17,18,19,20)/b13-9-. The fourth-order valence-electron chi connectivity index (χ4n) is 1.94. The number of thiazole rings is 1. The van der Waals surface area contributed by atoms with Gasteiger partial charge in [-0.2, -0.15) is 4.99 Å². The molecule has 1 aromatic carbocycles. The summed E-state index contributed by atoms with van der Waals surface area (Å²) in [4.78, 5) is 21.1. The minimum atomic E-state index is -0.162. The van der Waals surface area contributed by atoms with E-state index < -0.39 is 0 Å². The number of para-hydroxylation sites is 1. The third-order valence-corrected chi connectivity index (χ3v) is 4.41. The fourth-order valence-corrected chi connectivity index (χ4v) is 3.32. The molecule has 1 amide bonds.